The number of carbonyl (C=O) groups is 1. The maximum atomic E-state index is 13.4. The number of nitrogens with zero attached hydrogens (tertiary/aromatic N) is 2. The van der Waals surface area contributed by atoms with Crippen molar-refractivity contribution >= 4 is 33.4 Å². The van der Waals surface area contributed by atoms with Crippen molar-refractivity contribution in [1.82, 2.24) is 15.3 Å². The van der Waals surface area contributed by atoms with Crippen LogP contribution in [0, 0.1) is 24.5 Å². The molecule has 35 heavy (non-hydrogen) atoms. The zero-order chi connectivity index (χ0) is 24.5. The van der Waals surface area contributed by atoms with Gasteiger partial charge in [-0.1, -0.05) is 29.8 Å². The predicted molar refractivity (Wildman–Crippen MR) is 134 cm³/mol. The summed E-state index contributed by atoms with van der Waals surface area (Å²) in [5.41, 5.74) is 3.87. The fraction of sp³-hybridized carbons (Fsp3) is 0.269. The van der Waals surface area contributed by atoms with E-state index in [0.29, 0.717) is 41.2 Å². The van der Waals surface area contributed by atoms with Crippen LogP contribution in [0.5, 0.6) is 0 Å². The van der Waals surface area contributed by atoms with Crippen LogP contribution in [-0.2, 0) is 11.3 Å². The minimum Gasteiger partial charge on any atom is -0.352 e. The third-order valence-electron chi connectivity index (χ3n) is 6.26. The highest BCUT2D eigenvalue weighted by atomic mass is 32.1. The zero-order valence-electron chi connectivity index (χ0n) is 19.1. The monoisotopic (exact) mass is 494 g/mol. The number of carbonyl (C=O) groups excluding carboxylic acids is 1. The van der Waals surface area contributed by atoms with Crippen molar-refractivity contribution in [2.75, 3.05) is 18.0 Å². The van der Waals surface area contributed by atoms with Crippen molar-refractivity contribution in [1.29, 1.82) is 0 Å². The molecule has 4 aromatic rings. The quantitative estimate of drug-likeness (QED) is 0.419. The average molecular weight is 495 g/mol. The Balaban J connectivity index is 1.35. The van der Waals surface area contributed by atoms with Crippen LogP contribution < -0.4 is 15.8 Å². The summed E-state index contributed by atoms with van der Waals surface area (Å²) < 4.78 is 27.4. The van der Waals surface area contributed by atoms with Crippen LogP contribution in [0.2, 0.25) is 0 Å². The highest BCUT2D eigenvalue weighted by Gasteiger charge is 2.27. The molecule has 1 aliphatic heterocycles. The van der Waals surface area contributed by atoms with Gasteiger partial charge in [-0.2, -0.15) is 0 Å². The molecule has 1 saturated heterocycles. The Morgan fingerprint density at radius 1 is 1.20 bits per heavy atom. The molecule has 0 spiro atoms. The first-order chi connectivity index (χ1) is 16.9. The van der Waals surface area contributed by atoms with Gasteiger partial charge in [0.1, 0.15) is 16.3 Å². The number of amides is 1. The third-order valence-corrected chi connectivity index (χ3v) is 7.23. The molecular formula is C26H24F2N4O2S. The number of aromatic nitrogens is 2. The maximum absolute atomic E-state index is 13.4. The number of rotatable bonds is 5. The number of hydrogen-bond donors (Lipinski definition) is 2. The van der Waals surface area contributed by atoms with E-state index in [2.05, 4.69) is 10.3 Å². The van der Waals surface area contributed by atoms with Crippen molar-refractivity contribution in [3.63, 3.8) is 0 Å². The van der Waals surface area contributed by atoms with Crippen molar-refractivity contribution in [3.8, 4) is 11.1 Å². The Morgan fingerprint density at radius 3 is 2.69 bits per heavy atom. The Bertz CT molecular complexity index is 1430. The summed E-state index contributed by atoms with van der Waals surface area (Å²) in [5, 5.41) is 4.73. The number of nitrogens with one attached hydrogen (secondary N) is 2. The molecule has 0 aliphatic carbocycles. The molecule has 1 aliphatic rings. The van der Waals surface area contributed by atoms with Crippen LogP contribution in [0.3, 0.4) is 0 Å². The summed E-state index contributed by atoms with van der Waals surface area (Å²) in [6, 6.07) is 11.3. The number of hydrogen-bond acceptors (Lipinski definition) is 5. The molecule has 2 aromatic carbocycles. The van der Waals surface area contributed by atoms with E-state index < -0.39 is 11.6 Å². The van der Waals surface area contributed by atoms with Gasteiger partial charge in [-0.05, 0) is 43.0 Å². The molecule has 5 rings (SSSR count). The molecule has 3 heterocycles. The number of benzene rings is 2. The Kier molecular flexibility index (Phi) is 6.34. The third kappa shape index (κ3) is 4.95. The number of halogens is 2. The summed E-state index contributed by atoms with van der Waals surface area (Å²) in [6.07, 6.45) is 1.43. The van der Waals surface area contributed by atoms with E-state index in [9.17, 15) is 18.4 Å². The van der Waals surface area contributed by atoms with Gasteiger partial charge in [0, 0.05) is 36.6 Å². The molecule has 6 nitrogen and oxygen atoms in total. The first kappa shape index (κ1) is 23.2. The number of aryl methyl sites for hydroxylation is 1. The van der Waals surface area contributed by atoms with E-state index in [-0.39, 0.29) is 23.9 Å². The van der Waals surface area contributed by atoms with Gasteiger partial charge >= 0.3 is 0 Å². The summed E-state index contributed by atoms with van der Waals surface area (Å²) in [4.78, 5) is 35.2. The smallest absolute Gasteiger partial charge is 0.270 e. The molecule has 1 amide bonds. The molecule has 0 saturated carbocycles. The topological polar surface area (TPSA) is 78.1 Å². The van der Waals surface area contributed by atoms with Gasteiger partial charge in [-0.25, -0.2) is 13.8 Å². The number of anilines is 1. The van der Waals surface area contributed by atoms with Crippen LogP contribution in [0.4, 0.5) is 14.7 Å². The van der Waals surface area contributed by atoms with Crippen LogP contribution in [0.15, 0.2) is 52.6 Å². The van der Waals surface area contributed by atoms with Crippen molar-refractivity contribution < 1.29 is 13.6 Å². The fourth-order valence-electron chi connectivity index (χ4n) is 4.43. The van der Waals surface area contributed by atoms with Crippen molar-refractivity contribution in [3.05, 3.63) is 81.0 Å². The van der Waals surface area contributed by atoms with Gasteiger partial charge in [-0.15, -0.1) is 11.3 Å². The molecule has 1 atom stereocenters. The van der Waals surface area contributed by atoms with Gasteiger partial charge in [0.2, 0.25) is 11.9 Å². The molecule has 1 fully saturated rings. The average Bonchev–Trinajstić information content (AvgIpc) is 3.27. The van der Waals surface area contributed by atoms with Crippen molar-refractivity contribution in [2.45, 2.75) is 26.3 Å². The van der Waals surface area contributed by atoms with E-state index in [1.54, 1.807) is 0 Å². The highest BCUT2D eigenvalue weighted by Crippen LogP contribution is 2.32. The predicted octanol–water partition coefficient (Wildman–Crippen LogP) is 4.77. The molecule has 1 unspecified atom stereocenters. The van der Waals surface area contributed by atoms with Crippen molar-refractivity contribution in [2.24, 2.45) is 5.92 Å². The van der Waals surface area contributed by atoms with Gasteiger partial charge in [0.15, 0.2) is 0 Å². The molecule has 2 aromatic heterocycles. The highest BCUT2D eigenvalue weighted by molar-refractivity contribution is 7.17. The minimum absolute atomic E-state index is 0.0415. The molecule has 0 bridgehead atoms. The Hall–Kier alpha value is -3.59. The van der Waals surface area contributed by atoms with Gasteiger partial charge in [-0.3, -0.25) is 14.6 Å². The number of thiophene rings is 1. The van der Waals surface area contributed by atoms with E-state index in [4.69, 9.17) is 4.98 Å². The molecular weight excluding hydrogens is 470 g/mol. The number of aromatic amines is 1. The lowest BCUT2D eigenvalue weighted by Gasteiger charge is -2.32. The second-order valence-electron chi connectivity index (χ2n) is 8.86. The summed E-state index contributed by atoms with van der Waals surface area (Å²) in [7, 11) is 0. The lowest BCUT2D eigenvalue weighted by atomic mass is 9.97. The lowest BCUT2D eigenvalue weighted by Crippen LogP contribution is -2.44. The van der Waals surface area contributed by atoms with E-state index in [0.717, 1.165) is 29.2 Å². The maximum Gasteiger partial charge on any atom is 0.270 e. The molecule has 180 valence electrons. The first-order valence-corrected chi connectivity index (χ1v) is 12.3. The Morgan fingerprint density at radius 2 is 1.94 bits per heavy atom. The number of H-pyrrole nitrogens is 1. The van der Waals surface area contributed by atoms with E-state index >= 15 is 0 Å². The second kappa shape index (κ2) is 9.58. The minimum atomic E-state index is -0.679. The van der Waals surface area contributed by atoms with Gasteiger partial charge in [0.25, 0.3) is 5.56 Å². The van der Waals surface area contributed by atoms with Crippen LogP contribution in [-0.4, -0.2) is 29.0 Å². The molecule has 9 heteroatoms. The fourth-order valence-corrected chi connectivity index (χ4v) is 5.34. The van der Waals surface area contributed by atoms with E-state index in [1.807, 2.05) is 41.5 Å². The van der Waals surface area contributed by atoms with Crippen LogP contribution in [0.1, 0.15) is 24.0 Å². The lowest BCUT2D eigenvalue weighted by molar-refractivity contribution is -0.125. The largest absolute Gasteiger partial charge is 0.352 e. The van der Waals surface area contributed by atoms with E-state index in [1.165, 1.54) is 23.5 Å². The summed E-state index contributed by atoms with van der Waals surface area (Å²) in [6.45, 7) is 3.12. The standard InChI is InChI=1S/C26H24F2N4O2S/c1-15-4-6-17(7-5-15)21-14-35-23-22(21)30-26(31-25(23)34)32-8-2-3-18(13-32)24(33)29-12-16-9-19(27)11-20(28)10-16/h4-7,9-11,14,18H,2-3,8,12-13H2,1H3,(H,29,33)(H,30,31,34). The Labute approximate surface area is 204 Å². The normalized spacial score (nSPS) is 16.0. The van der Waals surface area contributed by atoms with Crippen LogP contribution in [0.25, 0.3) is 21.3 Å². The van der Waals surface area contributed by atoms with Crippen LogP contribution >= 0.6 is 11.3 Å². The number of fused-ring (bicyclic) bond motifs is 1. The SMILES string of the molecule is Cc1ccc(-c2csc3c(=O)[nH]c(N4CCCC(C(=O)NCc5cc(F)cc(F)c5)C4)nc23)cc1. The van der Waals surface area contributed by atoms with Gasteiger partial charge < -0.3 is 10.2 Å². The second-order valence-corrected chi connectivity index (χ2v) is 9.74. The summed E-state index contributed by atoms with van der Waals surface area (Å²) >= 11 is 1.36. The molecule has 2 N–H and O–H groups in total. The first-order valence-electron chi connectivity index (χ1n) is 11.4. The molecule has 0 radical (unpaired) electrons. The number of piperidine rings is 1. The summed E-state index contributed by atoms with van der Waals surface area (Å²) in [5.74, 6) is -1.44. The zero-order valence-corrected chi connectivity index (χ0v) is 19.9. The van der Waals surface area contributed by atoms with Gasteiger partial charge in [0.05, 0.1) is 11.4 Å².